The van der Waals surface area contributed by atoms with Crippen molar-refractivity contribution in [2.45, 2.75) is 6.92 Å². The Morgan fingerprint density at radius 1 is 1.09 bits per heavy atom. The average Bonchev–Trinajstić information content (AvgIpc) is 2.96. The molecule has 22 heavy (non-hydrogen) atoms. The van der Waals surface area contributed by atoms with E-state index in [1.807, 2.05) is 46.9 Å². The standard InChI is InChI=1S/C16H21N5O/c1-13-7-8-17-21(13)15-5-3-14(4-6-15)16(22)18-20-11-9-19(2)10-12-20/h3-8H,9-12H2,1-2H3,(H,18,22). The van der Waals surface area contributed by atoms with E-state index in [4.69, 9.17) is 0 Å². The van der Waals surface area contributed by atoms with Crippen LogP contribution >= 0.6 is 0 Å². The largest absolute Gasteiger partial charge is 0.304 e. The summed E-state index contributed by atoms with van der Waals surface area (Å²) in [5, 5.41) is 6.24. The summed E-state index contributed by atoms with van der Waals surface area (Å²) >= 11 is 0. The van der Waals surface area contributed by atoms with E-state index in [1.54, 1.807) is 6.20 Å². The number of benzene rings is 1. The van der Waals surface area contributed by atoms with E-state index >= 15 is 0 Å². The van der Waals surface area contributed by atoms with Gasteiger partial charge in [0.25, 0.3) is 5.91 Å². The van der Waals surface area contributed by atoms with Crippen molar-refractivity contribution >= 4 is 5.91 Å². The van der Waals surface area contributed by atoms with E-state index in [0.29, 0.717) is 5.56 Å². The van der Waals surface area contributed by atoms with Crippen LogP contribution in [0, 0.1) is 6.92 Å². The highest BCUT2D eigenvalue weighted by molar-refractivity contribution is 5.94. The maximum atomic E-state index is 12.3. The first kappa shape index (κ1) is 14.7. The van der Waals surface area contributed by atoms with E-state index in [-0.39, 0.29) is 5.91 Å². The van der Waals surface area contributed by atoms with Crippen LogP contribution in [-0.4, -0.2) is 58.8 Å². The number of piperazine rings is 1. The Hall–Kier alpha value is -2.18. The lowest BCUT2D eigenvalue weighted by Gasteiger charge is -2.32. The molecule has 1 aliphatic rings. The van der Waals surface area contributed by atoms with Crippen LogP contribution < -0.4 is 5.43 Å². The molecule has 1 aromatic carbocycles. The first-order chi connectivity index (χ1) is 10.6. The highest BCUT2D eigenvalue weighted by Gasteiger charge is 2.16. The van der Waals surface area contributed by atoms with Gasteiger partial charge in [0.1, 0.15) is 0 Å². The number of hydrazine groups is 1. The molecule has 1 aromatic heterocycles. The zero-order chi connectivity index (χ0) is 15.5. The molecule has 1 amide bonds. The van der Waals surface area contributed by atoms with Gasteiger partial charge in [-0.2, -0.15) is 5.10 Å². The third kappa shape index (κ3) is 3.18. The zero-order valence-electron chi connectivity index (χ0n) is 13.0. The summed E-state index contributed by atoms with van der Waals surface area (Å²) < 4.78 is 1.85. The highest BCUT2D eigenvalue weighted by atomic mass is 16.2. The Morgan fingerprint density at radius 3 is 2.36 bits per heavy atom. The SMILES string of the molecule is Cc1ccnn1-c1ccc(C(=O)NN2CCN(C)CC2)cc1. The van der Waals surface area contributed by atoms with Crippen LogP contribution in [0.4, 0.5) is 0 Å². The van der Waals surface area contributed by atoms with Gasteiger partial charge in [-0.15, -0.1) is 0 Å². The molecule has 1 fully saturated rings. The summed E-state index contributed by atoms with van der Waals surface area (Å²) in [5.74, 6) is -0.0618. The lowest BCUT2D eigenvalue weighted by atomic mass is 10.2. The molecule has 0 aliphatic carbocycles. The van der Waals surface area contributed by atoms with Gasteiger partial charge in [-0.25, -0.2) is 9.69 Å². The fourth-order valence-electron chi connectivity index (χ4n) is 2.52. The third-order valence-corrected chi connectivity index (χ3v) is 3.97. The fraction of sp³-hybridized carbons (Fsp3) is 0.375. The van der Waals surface area contributed by atoms with Crippen molar-refractivity contribution in [3.63, 3.8) is 0 Å². The number of aromatic nitrogens is 2. The van der Waals surface area contributed by atoms with Crippen molar-refractivity contribution < 1.29 is 4.79 Å². The lowest BCUT2D eigenvalue weighted by molar-refractivity contribution is 0.0662. The first-order valence-corrected chi connectivity index (χ1v) is 7.49. The van der Waals surface area contributed by atoms with E-state index in [2.05, 4.69) is 22.5 Å². The van der Waals surface area contributed by atoms with Gasteiger partial charge in [0, 0.05) is 43.6 Å². The normalized spacial score (nSPS) is 16.6. The van der Waals surface area contributed by atoms with Crippen LogP contribution in [-0.2, 0) is 0 Å². The number of aryl methyl sites for hydroxylation is 1. The van der Waals surface area contributed by atoms with Gasteiger partial charge in [0.2, 0.25) is 0 Å². The highest BCUT2D eigenvalue weighted by Crippen LogP contribution is 2.11. The van der Waals surface area contributed by atoms with Gasteiger partial charge >= 0.3 is 0 Å². The quantitative estimate of drug-likeness (QED) is 0.921. The molecule has 0 bridgehead atoms. The molecular formula is C16H21N5O. The molecule has 6 nitrogen and oxygen atoms in total. The second kappa shape index (κ2) is 6.29. The molecule has 3 rings (SSSR count). The first-order valence-electron chi connectivity index (χ1n) is 7.49. The molecule has 6 heteroatoms. The second-order valence-corrected chi connectivity index (χ2v) is 5.66. The Labute approximate surface area is 130 Å². The average molecular weight is 299 g/mol. The van der Waals surface area contributed by atoms with Crippen LogP contribution in [0.3, 0.4) is 0 Å². The van der Waals surface area contributed by atoms with Gasteiger partial charge in [0.15, 0.2) is 0 Å². The number of carbonyl (C=O) groups excluding carboxylic acids is 1. The van der Waals surface area contributed by atoms with Gasteiger partial charge in [-0.3, -0.25) is 10.2 Å². The van der Waals surface area contributed by atoms with Crippen molar-refractivity contribution in [1.29, 1.82) is 0 Å². The number of hydrogen-bond donors (Lipinski definition) is 1. The van der Waals surface area contributed by atoms with Crippen LogP contribution in [0.15, 0.2) is 36.5 Å². The topological polar surface area (TPSA) is 53.4 Å². The lowest BCUT2D eigenvalue weighted by Crippen LogP contribution is -2.52. The number of carbonyl (C=O) groups is 1. The summed E-state index contributed by atoms with van der Waals surface area (Å²) in [6, 6.07) is 9.45. The van der Waals surface area contributed by atoms with E-state index in [9.17, 15) is 4.79 Å². The van der Waals surface area contributed by atoms with Crippen LogP contribution in [0.5, 0.6) is 0 Å². The molecule has 0 unspecified atom stereocenters. The summed E-state index contributed by atoms with van der Waals surface area (Å²) in [4.78, 5) is 14.5. The fourth-order valence-corrected chi connectivity index (χ4v) is 2.52. The summed E-state index contributed by atoms with van der Waals surface area (Å²) in [7, 11) is 2.09. The molecule has 0 atom stereocenters. The number of hydrogen-bond acceptors (Lipinski definition) is 4. The van der Waals surface area contributed by atoms with E-state index in [1.165, 1.54) is 0 Å². The van der Waals surface area contributed by atoms with Crippen LogP contribution in [0.1, 0.15) is 16.1 Å². The minimum atomic E-state index is -0.0618. The Balaban J connectivity index is 1.65. The van der Waals surface area contributed by atoms with Crippen molar-refractivity contribution in [2.75, 3.05) is 33.2 Å². The Morgan fingerprint density at radius 2 is 1.77 bits per heavy atom. The zero-order valence-corrected chi connectivity index (χ0v) is 13.0. The molecule has 1 N–H and O–H groups in total. The van der Waals surface area contributed by atoms with Gasteiger partial charge in [-0.1, -0.05) is 0 Å². The van der Waals surface area contributed by atoms with Crippen molar-refractivity contribution in [3.8, 4) is 5.69 Å². The number of rotatable bonds is 3. The smallest absolute Gasteiger partial charge is 0.265 e. The van der Waals surface area contributed by atoms with Crippen molar-refractivity contribution in [2.24, 2.45) is 0 Å². The number of nitrogens with zero attached hydrogens (tertiary/aromatic N) is 4. The number of nitrogens with one attached hydrogen (secondary N) is 1. The molecule has 116 valence electrons. The van der Waals surface area contributed by atoms with Crippen LogP contribution in [0.2, 0.25) is 0 Å². The summed E-state index contributed by atoms with van der Waals surface area (Å²) in [5.41, 5.74) is 5.65. The Kier molecular flexibility index (Phi) is 4.22. The van der Waals surface area contributed by atoms with Gasteiger partial charge in [-0.05, 0) is 44.3 Å². The minimum Gasteiger partial charge on any atom is -0.304 e. The predicted octanol–water partition coefficient (Wildman–Crippen LogP) is 1.07. The van der Waals surface area contributed by atoms with Crippen molar-refractivity contribution in [3.05, 3.63) is 47.8 Å². The third-order valence-electron chi connectivity index (χ3n) is 3.97. The molecule has 2 heterocycles. The molecule has 0 radical (unpaired) electrons. The molecule has 0 spiro atoms. The Bertz CT molecular complexity index is 641. The molecule has 1 aliphatic heterocycles. The number of likely N-dealkylation sites (N-methyl/N-ethyl adjacent to an activating group) is 1. The molecule has 2 aromatic rings. The molecule has 1 saturated heterocycles. The second-order valence-electron chi connectivity index (χ2n) is 5.66. The summed E-state index contributed by atoms with van der Waals surface area (Å²) in [6.45, 7) is 5.65. The van der Waals surface area contributed by atoms with E-state index < -0.39 is 0 Å². The monoisotopic (exact) mass is 299 g/mol. The number of amides is 1. The van der Waals surface area contributed by atoms with Gasteiger partial charge in [0.05, 0.1) is 5.69 Å². The maximum Gasteiger partial charge on any atom is 0.265 e. The van der Waals surface area contributed by atoms with E-state index in [0.717, 1.165) is 37.6 Å². The predicted molar refractivity (Wildman–Crippen MR) is 84.8 cm³/mol. The minimum absolute atomic E-state index is 0.0618. The molecule has 0 saturated carbocycles. The maximum absolute atomic E-state index is 12.3. The summed E-state index contributed by atoms with van der Waals surface area (Å²) in [6.07, 6.45) is 1.77. The molecular weight excluding hydrogens is 278 g/mol. The van der Waals surface area contributed by atoms with Crippen LogP contribution in [0.25, 0.3) is 5.69 Å². The van der Waals surface area contributed by atoms with Gasteiger partial charge < -0.3 is 4.90 Å². The van der Waals surface area contributed by atoms with Crippen molar-refractivity contribution in [1.82, 2.24) is 25.1 Å².